The normalized spacial score (nSPS) is 17.0. The molecular weight excluding hydrogens is 273 g/mol. The van der Waals surface area contributed by atoms with E-state index in [-0.39, 0.29) is 17.8 Å². The van der Waals surface area contributed by atoms with E-state index in [2.05, 4.69) is 4.98 Å². The molecule has 0 saturated carbocycles. The number of benzene rings is 1. The van der Waals surface area contributed by atoms with E-state index in [1.54, 1.807) is 25.1 Å². The zero-order chi connectivity index (χ0) is 15.1. The standard InChI is InChI=1S/C15H16FN3O2/c1-3-19(16)15(20)9-4-5-12-10(6-9)11-7-21-8(2)13(11)14(17)18-12/h4-6,8H,3,7H2,1-2H3,(H2,17,18)/t8-/m1/s1. The summed E-state index contributed by atoms with van der Waals surface area (Å²) in [6, 6.07) is 4.91. The molecule has 0 aliphatic carbocycles. The second-order valence-corrected chi connectivity index (χ2v) is 5.06. The molecule has 1 atom stereocenters. The van der Waals surface area contributed by atoms with Crippen molar-refractivity contribution in [2.75, 3.05) is 12.3 Å². The maximum Gasteiger partial charge on any atom is 0.281 e. The number of amides is 1. The van der Waals surface area contributed by atoms with Gasteiger partial charge in [0.2, 0.25) is 0 Å². The number of anilines is 1. The lowest BCUT2D eigenvalue weighted by atomic mass is 10.00. The van der Waals surface area contributed by atoms with Crippen LogP contribution in [0.1, 0.15) is 41.4 Å². The summed E-state index contributed by atoms with van der Waals surface area (Å²) < 4.78 is 19.0. The second kappa shape index (κ2) is 4.96. The number of fused-ring (bicyclic) bond motifs is 3. The van der Waals surface area contributed by atoms with E-state index >= 15 is 0 Å². The molecule has 2 heterocycles. The Morgan fingerprint density at radius 1 is 1.57 bits per heavy atom. The average molecular weight is 289 g/mol. The molecular formula is C15H16FN3O2. The first-order valence-electron chi connectivity index (χ1n) is 6.84. The van der Waals surface area contributed by atoms with Gasteiger partial charge in [0.15, 0.2) is 0 Å². The van der Waals surface area contributed by atoms with Crippen LogP contribution in [-0.2, 0) is 11.3 Å². The Balaban J connectivity index is 2.18. The summed E-state index contributed by atoms with van der Waals surface area (Å²) in [6.07, 6.45) is -0.121. The predicted molar refractivity (Wildman–Crippen MR) is 77.2 cm³/mol. The van der Waals surface area contributed by atoms with Gasteiger partial charge in [0.05, 0.1) is 24.8 Å². The summed E-state index contributed by atoms with van der Waals surface area (Å²) in [6.45, 7) is 3.92. The SMILES string of the molecule is CCN(F)C(=O)c1ccc2nc(N)c3c(c2c1)CO[C@@H]3C. The summed E-state index contributed by atoms with van der Waals surface area (Å²) in [5.41, 5.74) is 8.74. The zero-order valence-corrected chi connectivity index (χ0v) is 11.9. The van der Waals surface area contributed by atoms with Gasteiger partial charge in [0, 0.05) is 16.5 Å². The van der Waals surface area contributed by atoms with Crippen molar-refractivity contribution in [3.63, 3.8) is 0 Å². The smallest absolute Gasteiger partial charge is 0.281 e. The Morgan fingerprint density at radius 2 is 2.33 bits per heavy atom. The zero-order valence-electron chi connectivity index (χ0n) is 11.9. The highest BCUT2D eigenvalue weighted by atomic mass is 19.2. The molecule has 0 spiro atoms. The fourth-order valence-electron chi connectivity index (χ4n) is 2.68. The number of rotatable bonds is 2. The number of nitrogens with zero attached hydrogens (tertiary/aromatic N) is 2. The number of halogens is 1. The van der Waals surface area contributed by atoms with Crippen LogP contribution in [0.2, 0.25) is 0 Å². The number of hydrogen-bond acceptors (Lipinski definition) is 4. The van der Waals surface area contributed by atoms with Gasteiger partial charge in [0.1, 0.15) is 5.82 Å². The van der Waals surface area contributed by atoms with E-state index in [0.29, 0.717) is 23.5 Å². The molecule has 0 fully saturated rings. The quantitative estimate of drug-likeness (QED) is 0.863. The third kappa shape index (κ3) is 2.12. The summed E-state index contributed by atoms with van der Waals surface area (Å²) >= 11 is 0. The van der Waals surface area contributed by atoms with Crippen molar-refractivity contribution in [3.8, 4) is 0 Å². The van der Waals surface area contributed by atoms with Crippen LogP contribution in [0.3, 0.4) is 0 Å². The molecule has 2 N–H and O–H groups in total. The van der Waals surface area contributed by atoms with Crippen LogP contribution >= 0.6 is 0 Å². The van der Waals surface area contributed by atoms with Crippen LogP contribution < -0.4 is 5.73 Å². The molecule has 0 radical (unpaired) electrons. The van der Waals surface area contributed by atoms with Crippen molar-refractivity contribution in [1.82, 2.24) is 10.1 Å². The van der Waals surface area contributed by atoms with Gasteiger partial charge in [-0.2, -0.15) is 5.12 Å². The van der Waals surface area contributed by atoms with Crippen molar-refractivity contribution < 1.29 is 14.0 Å². The highest BCUT2D eigenvalue weighted by molar-refractivity contribution is 5.98. The lowest BCUT2D eigenvalue weighted by Gasteiger charge is -2.12. The number of carbonyl (C=O) groups excluding carboxylic acids is 1. The largest absolute Gasteiger partial charge is 0.383 e. The molecule has 110 valence electrons. The fraction of sp³-hybridized carbons (Fsp3) is 0.333. The maximum absolute atomic E-state index is 13.4. The number of nitrogens with two attached hydrogens (primary N) is 1. The van der Waals surface area contributed by atoms with Gasteiger partial charge in [-0.1, -0.05) is 4.48 Å². The first-order chi connectivity index (χ1) is 10.0. The maximum atomic E-state index is 13.4. The highest BCUT2D eigenvalue weighted by Crippen LogP contribution is 2.38. The second-order valence-electron chi connectivity index (χ2n) is 5.06. The van der Waals surface area contributed by atoms with Crippen molar-refractivity contribution in [2.24, 2.45) is 0 Å². The van der Waals surface area contributed by atoms with Gasteiger partial charge in [-0.05, 0) is 37.6 Å². The highest BCUT2D eigenvalue weighted by Gasteiger charge is 2.26. The Labute approximate surface area is 121 Å². The number of ether oxygens (including phenoxy) is 1. The third-order valence-corrected chi connectivity index (χ3v) is 3.79. The Hall–Kier alpha value is -2.21. The van der Waals surface area contributed by atoms with Gasteiger partial charge in [-0.25, -0.2) is 4.98 Å². The minimum Gasteiger partial charge on any atom is -0.383 e. The van der Waals surface area contributed by atoms with Crippen LogP contribution in [0, 0.1) is 0 Å². The molecule has 0 unspecified atom stereocenters. The Morgan fingerprint density at radius 3 is 3.05 bits per heavy atom. The van der Waals surface area contributed by atoms with E-state index in [4.69, 9.17) is 10.5 Å². The van der Waals surface area contributed by atoms with Gasteiger partial charge in [0.25, 0.3) is 5.91 Å². The number of aromatic nitrogens is 1. The van der Waals surface area contributed by atoms with Crippen LogP contribution in [0.5, 0.6) is 0 Å². The molecule has 6 heteroatoms. The van der Waals surface area contributed by atoms with Crippen molar-refractivity contribution in [3.05, 3.63) is 34.9 Å². The van der Waals surface area contributed by atoms with Gasteiger partial charge >= 0.3 is 0 Å². The number of nitrogen functional groups attached to an aromatic ring is 1. The van der Waals surface area contributed by atoms with E-state index in [1.807, 2.05) is 6.92 Å². The van der Waals surface area contributed by atoms with Crippen molar-refractivity contribution >= 4 is 22.6 Å². The molecule has 21 heavy (non-hydrogen) atoms. The average Bonchev–Trinajstić information content (AvgIpc) is 2.88. The first-order valence-corrected chi connectivity index (χ1v) is 6.84. The molecule has 1 aliphatic rings. The summed E-state index contributed by atoms with van der Waals surface area (Å²) in [7, 11) is 0. The van der Waals surface area contributed by atoms with E-state index in [1.165, 1.54) is 0 Å². The monoisotopic (exact) mass is 289 g/mol. The predicted octanol–water partition coefficient (Wildman–Crippen LogP) is 2.75. The number of hydrogen-bond donors (Lipinski definition) is 1. The van der Waals surface area contributed by atoms with Gasteiger partial charge in [-0.15, -0.1) is 0 Å². The number of pyridine rings is 1. The van der Waals surface area contributed by atoms with Gasteiger partial charge < -0.3 is 10.5 Å². The topological polar surface area (TPSA) is 68.5 Å². The van der Waals surface area contributed by atoms with Crippen molar-refractivity contribution in [1.29, 1.82) is 0 Å². The summed E-state index contributed by atoms with van der Waals surface area (Å²) in [5.74, 6) is -0.209. The molecule has 0 saturated heterocycles. The van der Waals surface area contributed by atoms with Crippen LogP contribution in [-0.4, -0.2) is 22.6 Å². The Bertz CT molecular complexity index is 732. The lowest BCUT2D eigenvalue weighted by molar-refractivity contribution is 0.0227. The Kier molecular flexibility index (Phi) is 3.25. The summed E-state index contributed by atoms with van der Waals surface area (Å²) in [4.78, 5) is 16.3. The minimum absolute atomic E-state index is 0.00904. The van der Waals surface area contributed by atoms with E-state index < -0.39 is 5.91 Å². The van der Waals surface area contributed by atoms with E-state index in [0.717, 1.165) is 16.5 Å². The molecule has 3 rings (SSSR count). The number of carbonyl (C=O) groups is 1. The van der Waals surface area contributed by atoms with Crippen LogP contribution in [0.25, 0.3) is 10.9 Å². The molecule has 0 bridgehead atoms. The molecule has 2 aromatic rings. The fourth-order valence-corrected chi connectivity index (χ4v) is 2.68. The minimum atomic E-state index is -0.656. The molecule has 1 aromatic carbocycles. The van der Waals surface area contributed by atoms with Crippen LogP contribution in [0.15, 0.2) is 18.2 Å². The molecule has 1 amide bonds. The lowest BCUT2D eigenvalue weighted by Crippen LogP contribution is -2.22. The van der Waals surface area contributed by atoms with Crippen LogP contribution in [0.4, 0.5) is 10.3 Å². The molecule has 1 aromatic heterocycles. The molecule has 1 aliphatic heterocycles. The van der Waals surface area contributed by atoms with E-state index in [9.17, 15) is 9.28 Å². The van der Waals surface area contributed by atoms with Crippen molar-refractivity contribution in [2.45, 2.75) is 26.6 Å². The third-order valence-electron chi connectivity index (χ3n) is 3.79. The first kappa shape index (κ1) is 13.8. The van der Waals surface area contributed by atoms with Gasteiger partial charge in [-0.3, -0.25) is 4.79 Å². The summed E-state index contributed by atoms with van der Waals surface area (Å²) in [5, 5.41) is 0.976. The molecule has 5 nitrogen and oxygen atoms in total.